The zero-order chi connectivity index (χ0) is 16.8. The Kier molecular flexibility index (Phi) is 12.1. The fraction of sp³-hybridized carbons (Fsp3) is 1.00. The van der Waals surface area contributed by atoms with Crippen molar-refractivity contribution in [2.24, 2.45) is 0 Å². The molecule has 6 nitrogen and oxygen atoms in total. The topological polar surface area (TPSA) is 98.7 Å². The number of rotatable bonds is 4. The van der Waals surface area contributed by atoms with Gasteiger partial charge in [0.25, 0.3) is 0 Å². The van der Waals surface area contributed by atoms with Crippen LogP contribution in [0.1, 0.15) is 0 Å². The van der Waals surface area contributed by atoms with Crippen molar-refractivity contribution in [1.29, 1.82) is 0 Å². The Morgan fingerprint density at radius 2 is 0.952 bits per heavy atom. The van der Waals surface area contributed by atoms with Crippen LogP contribution in [-0.2, 0) is 18.2 Å². The molecule has 0 aliphatic rings. The predicted octanol–water partition coefficient (Wildman–Crippen LogP) is 1.63. The van der Waals surface area contributed by atoms with Gasteiger partial charge in [-0.2, -0.15) is 34.7 Å². The molecule has 0 saturated carbocycles. The first-order chi connectivity index (χ1) is 8.41. The predicted molar refractivity (Wildman–Crippen MR) is 47.2 cm³/mol. The summed E-state index contributed by atoms with van der Waals surface area (Å²) in [7, 11) is -11.5. The molecule has 0 aromatic heterocycles. The van der Waals surface area contributed by atoms with Crippen LogP contribution in [0.4, 0.5) is 34.7 Å². The van der Waals surface area contributed by atoms with Gasteiger partial charge in [-0.1, -0.05) is 0 Å². The number of halogens is 8. The van der Waals surface area contributed by atoms with Crippen LogP contribution in [0.2, 0.25) is 0 Å². The molecule has 0 aromatic rings. The maximum atomic E-state index is 11.2. The van der Waals surface area contributed by atoms with Crippen LogP contribution in [0.15, 0.2) is 0 Å². The van der Waals surface area contributed by atoms with E-state index in [2.05, 4.69) is 9.05 Å². The van der Waals surface area contributed by atoms with Crippen molar-refractivity contribution in [2.75, 3.05) is 13.2 Å². The first-order valence-electron chi connectivity index (χ1n) is 3.85. The Hall–Kier alpha value is 0.506. The van der Waals surface area contributed by atoms with Gasteiger partial charge in [-0.15, -0.1) is 0 Å². The summed E-state index contributed by atoms with van der Waals surface area (Å²) in [5.41, 5.74) is 0. The molecule has 0 aromatic carbocycles. The Balaban J connectivity index is -0.000000295. The van der Waals surface area contributed by atoms with Crippen molar-refractivity contribution in [1.82, 2.24) is 0 Å². The molecule has 0 rings (SSSR count). The Bertz CT molecular complexity index is 336. The molecule has 0 bridgehead atoms. The average Bonchev–Trinajstić information content (AvgIpc) is 2.09. The van der Waals surface area contributed by atoms with Crippen LogP contribution in [0, 0.1) is 0 Å². The van der Waals surface area contributed by atoms with E-state index in [9.17, 15) is 53.7 Å². The molecule has 0 radical (unpaired) electrons. The minimum Gasteiger partial charge on any atom is -0.753 e. The molecule has 0 amide bonds. The summed E-state index contributed by atoms with van der Waals surface area (Å²) in [6, 6.07) is 0. The smallest absolute Gasteiger partial charge is 0.753 e. The summed E-state index contributed by atoms with van der Waals surface area (Å²) < 4.78 is 113. The van der Waals surface area contributed by atoms with Gasteiger partial charge in [-0.05, 0) is 0 Å². The second-order valence-electron chi connectivity index (χ2n) is 2.64. The summed E-state index contributed by atoms with van der Waals surface area (Å²) in [4.78, 5) is 18.6. The van der Waals surface area contributed by atoms with E-state index in [1.54, 1.807) is 0 Å². The maximum absolute atomic E-state index is 11.2. The summed E-state index contributed by atoms with van der Waals surface area (Å²) in [5, 5.41) is 0. The number of alkyl halides is 6. The summed E-state index contributed by atoms with van der Waals surface area (Å²) >= 11 is 0. The van der Waals surface area contributed by atoms with Crippen LogP contribution >= 0.6 is 15.8 Å². The van der Waals surface area contributed by atoms with Crippen molar-refractivity contribution in [2.45, 2.75) is 12.4 Å². The SMILES string of the molecule is O=P([O-])(F)OCC(F)(F)F.O=P([O-])(F)OCC(F)(F)F.[Mg+2]. The molecule has 0 fully saturated rings. The third kappa shape index (κ3) is 33.4. The van der Waals surface area contributed by atoms with Gasteiger partial charge in [0, 0.05) is 0 Å². The summed E-state index contributed by atoms with van der Waals surface area (Å²) in [6.07, 6.45) is -9.65. The van der Waals surface area contributed by atoms with Crippen LogP contribution in [-0.4, -0.2) is 48.6 Å². The fourth-order valence-electron chi connectivity index (χ4n) is 0.301. The largest absolute Gasteiger partial charge is 2.00 e. The maximum Gasteiger partial charge on any atom is 2.00 e. The molecule has 0 heterocycles. The minimum absolute atomic E-state index is 0. The van der Waals surface area contributed by atoms with E-state index >= 15 is 0 Å². The average molecular weight is 386 g/mol. The van der Waals surface area contributed by atoms with E-state index in [1.165, 1.54) is 0 Å². The van der Waals surface area contributed by atoms with Crippen molar-refractivity contribution >= 4 is 38.9 Å². The summed E-state index contributed by atoms with van der Waals surface area (Å²) in [6.45, 7) is -4.24. The van der Waals surface area contributed by atoms with Crippen molar-refractivity contribution in [3.63, 3.8) is 0 Å². The molecule has 2 unspecified atom stereocenters. The van der Waals surface area contributed by atoms with Gasteiger partial charge in [-0.3, -0.25) is 9.13 Å². The Labute approximate surface area is 127 Å². The molecule has 2 atom stereocenters. The van der Waals surface area contributed by atoms with E-state index < -0.39 is 41.4 Å². The molecule has 21 heavy (non-hydrogen) atoms. The quantitative estimate of drug-likeness (QED) is 0.414. The monoisotopic (exact) mass is 386 g/mol. The van der Waals surface area contributed by atoms with Gasteiger partial charge in [0.1, 0.15) is 0 Å². The number of hydrogen-bond donors (Lipinski definition) is 0. The van der Waals surface area contributed by atoms with Gasteiger partial charge in [0.2, 0.25) is 0 Å². The standard InChI is InChI=1S/2C2H3F4O3P.Mg/c2*3-2(4,5)1-9-10(6,7)8;/h2*1H2,(H,7,8);/q;;+2/p-2. The molecule has 0 aliphatic carbocycles. The van der Waals surface area contributed by atoms with Crippen LogP contribution in [0.25, 0.3) is 0 Å². The zero-order valence-corrected chi connectivity index (χ0v) is 12.7. The van der Waals surface area contributed by atoms with Crippen molar-refractivity contribution < 1.29 is 62.7 Å². The molecule has 124 valence electrons. The number of hydrogen-bond acceptors (Lipinski definition) is 6. The van der Waals surface area contributed by atoms with Crippen LogP contribution in [0.3, 0.4) is 0 Å². The minimum atomic E-state index is -5.73. The van der Waals surface area contributed by atoms with Gasteiger partial charge < -0.3 is 18.8 Å². The molecule has 17 heteroatoms. The second-order valence-corrected chi connectivity index (χ2v) is 4.88. The van der Waals surface area contributed by atoms with E-state index in [0.717, 1.165) is 0 Å². The molecule has 0 saturated heterocycles. The van der Waals surface area contributed by atoms with Gasteiger partial charge >= 0.3 is 51.2 Å². The Morgan fingerprint density at radius 1 is 0.762 bits per heavy atom. The Morgan fingerprint density at radius 3 is 1.00 bits per heavy atom. The van der Waals surface area contributed by atoms with E-state index in [1.807, 2.05) is 0 Å². The van der Waals surface area contributed by atoms with Crippen LogP contribution in [0.5, 0.6) is 0 Å². The van der Waals surface area contributed by atoms with E-state index in [0.29, 0.717) is 0 Å². The van der Waals surface area contributed by atoms with Gasteiger partial charge in [0.05, 0.1) is 0 Å². The summed E-state index contributed by atoms with van der Waals surface area (Å²) in [5.74, 6) is 0. The molecular formula is C4H4F8MgO6P2. The van der Waals surface area contributed by atoms with Crippen molar-refractivity contribution in [3.8, 4) is 0 Å². The van der Waals surface area contributed by atoms with E-state index in [4.69, 9.17) is 0 Å². The van der Waals surface area contributed by atoms with Gasteiger partial charge in [-0.25, -0.2) is 0 Å². The first-order valence-corrected chi connectivity index (χ1v) is 6.72. The normalized spacial score (nSPS) is 17.6. The zero-order valence-electron chi connectivity index (χ0n) is 9.49. The van der Waals surface area contributed by atoms with Crippen LogP contribution < -0.4 is 9.79 Å². The third-order valence-electron chi connectivity index (χ3n) is 0.765. The molecule has 0 spiro atoms. The molecule has 0 N–H and O–H groups in total. The fourth-order valence-corrected chi connectivity index (χ4v) is 0.902. The van der Waals surface area contributed by atoms with E-state index in [-0.39, 0.29) is 23.1 Å². The second kappa shape index (κ2) is 9.60. The molecular weight excluding hydrogens is 382 g/mol. The third-order valence-corrected chi connectivity index (χ3v) is 1.64. The first kappa shape index (κ1) is 26.4. The van der Waals surface area contributed by atoms with Gasteiger partial charge in [0.15, 0.2) is 13.2 Å². The van der Waals surface area contributed by atoms with Crippen molar-refractivity contribution in [3.05, 3.63) is 0 Å². The molecule has 0 aliphatic heterocycles.